The molecule has 5 aromatic rings. The van der Waals surface area contributed by atoms with Crippen molar-refractivity contribution in [3.63, 3.8) is 0 Å². The van der Waals surface area contributed by atoms with Gasteiger partial charge >= 0.3 is 0 Å². The Morgan fingerprint density at radius 3 is 2.69 bits per heavy atom. The summed E-state index contributed by atoms with van der Waals surface area (Å²) in [4.78, 5) is 33.4. The Bertz CT molecular complexity index is 1380. The van der Waals surface area contributed by atoms with E-state index in [4.69, 9.17) is 4.42 Å². The molecule has 7 nitrogen and oxygen atoms in total. The van der Waals surface area contributed by atoms with E-state index in [-0.39, 0.29) is 11.2 Å². The molecule has 0 atom stereocenters. The van der Waals surface area contributed by atoms with E-state index in [1.54, 1.807) is 42.6 Å². The lowest BCUT2D eigenvalue weighted by Gasteiger charge is -2.06. The van der Waals surface area contributed by atoms with Gasteiger partial charge in [0.15, 0.2) is 11.2 Å². The molecule has 0 spiro atoms. The zero-order valence-electron chi connectivity index (χ0n) is 15.1. The molecule has 5 rings (SSSR count). The van der Waals surface area contributed by atoms with E-state index in [9.17, 15) is 9.59 Å². The maximum atomic E-state index is 12.5. The number of hydrogen-bond donors (Lipinski definition) is 1. The van der Waals surface area contributed by atoms with Crippen molar-refractivity contribution in [1.29, 1.82) is 0 Å². The standard InChI is InChI=1S/C22H14N4O3/c27-18-12-20(29-19-5-2-1-4-16(18)19)21(28)24-15-8-6-14(7-9-15)17-13-26-11-3-10-23-22(26)25-17/h1-13H,(H,24,28). The van der Waals surface area contributed by atoms with Gasteiger partial charge in [0, 0.05) is 35.9 Å². The highest BCUT2D eigenvalue weighted by Crippen LogP contribution is 2.21. The van der Waals surface area contributed by atoms with Crippen molar-refractivity contribution in [3.05, 3.63) is 95.2 Å². The fraction of sp³-hybridized carbons (Fsp3) is 0. The zero-order chi connectivity index (χ0) is 19.8. The van der Waals surface area contributed by atoms with Crippen LogP contribution in [0, 0.1) is 0 Å². The Morgan fingerprint density at radius 2 is 1.86 bits per heavy atom. The molecule has 29 heavy (non-hydrogen) atoms. The van der Waals surface area contributed by atoms with Crippen LogP contribution in [-0.4, -0.2) is 20.3 Å². The SMILES string of the molecule is O=C(Nc1ccc(-c2cn3cccnc3n2)cc1)c1cc(=O)c2ccccc2o1. The third-order valence-corrected chi connectivity index (χ3v) is 4.53. The summed E-state index contributed by atoms with van der Waals surface area (Å²) >= 11 is 0. The minimum atomic E-state index is -0.488. The van der Waals surface area contributed by atoms with Gasteiger partial charge in [-0.25, -0.2) is 9.97 Å². The third kappa shape index (κ3) is 3.14. The molecule has 3 heterocycles. The summed E-state index contributed by atoms with van der Waals surface area (Å²) in [5.74, 6) is 0.0907. The quantitative estimate of drug-likeness (QED) is 0.513. The number of nitrogens with one attached hydrogen (secondary N) is 1. The molecule has 0 aliphatic heterocycles. The highest BCUT2D eigenvalue weighted by Gasteiger charge is 2.13. The van der Waals surface area contributed by atoms with Gasteiger partial charge in [-0.15, -0.1) is 0 Å². The van der Waals surface area contributed by atoms with Crippen LogP contribution in [-0.2, 0) is 0 Å². The second-order valence-electron chi connectivity index (χ2n) is 6.46. The van der Waals surface area contributed by atoms with Crippen LogP contribution in [0.5, 0.6) is 0 Å². The molecule has 0 aliphatic rings. The number of amides is 1. The number of imidazole rings is 1. The first-order chi connectivity index (χ1) is 14.2. The largest absolute Gasteiger partial charge is 0.451 e. The number of carbonyl (C=O) groups is 1. The lowest BCUT2D eigenvalue weighted by atomic mass is 10.1. The summed E-state index contributed by atoms with van der Waals surface area (Å²) < 4.78 is 7.41. The number of rotatable bonds is 3. The van der Waals surface area contributed by atoms with E-state index in [0.29, 0.717) is 22.4 Å². The minimum absolute atomic E-state index is 0.0378. The van der Waals surface area contributed by atoms with Gasteiger partial charge in [0.25, 0.3) is 5.91 Å². The normalized spacial score (nSPS) is 11.0. The first-order valence-electron chi connectivity index (χ1n) is 8.92. The highest BCUT2D eigenvalue weighted by molar-refractivity contribution is 6.03. The molecule has 7 heteroatoms. The molecule has 0 radical (unpaired) electrons. The van der Waals surface area contributed by atoms with Gasteiger partial charge in [-0.3, -0.25) is 14.0 Å². The summed E-state index contributed by atoms with van der Waals surface area (Å²) in [5.41, 5.74) is 2.37. The van der Waals surface area contributed by atoms with Crippen molar-refractivity contribution < 1.29 is 9.21 Å². The summed E-state index contributed by atoms with van der Waals surface area (Å²) in [6.45, 7) is 0. The molecule has 0 aliphatic carbocycles. The lowest BCUT2D eigenvalue weighted by molar-refractivity contribution is 0.0997. The second kappa shape index (κ2) is 6.72. The maximum absolute atomic E-state index is 12.5. The molecule has 1 amide bonds. The van der Waals surface area contributed by atoms with Gasteiger partial charge in [0.2, 0.25) is 5.78 Å². The molecule has 1 N–H and O–H groups in total. The van der Waals surface area contributed by atoms with Crippen LogP contribution in [0.3, 0.4) is 0 Å². The Hall–Kier alpha value is -4.26. The molecule has 0 saturated carbocycles. The third-order valence-electron chi connectivity index (χ3n) is 4.53. The molecular formula is C22H14N4O3. The minimum Gasteiger partial charge on any atom is -0.451 e. The average Bonchev–Trinajstić information content (AvgIpc) is 3.18. The number of hydrogen-bond acceptors (Lipinski definition) is 5. The Kier molecular flexibility index (Phi) is 3.91. The maximum Gasteiger partial charge on any atom is 0.291 e. The van der Waals surface area contributed by atoms with Crippen molar-refractivity contribution in [2.75, 3.05) is 5.32 Å². The predicted molar refractivity (Wildman–Crippen MR) is 109 cm³/mol. The van der Waals surface area contributed by atoms with Gasteiger partial charge in [-0.05, 0) is 30.3 Å². The zero-order valence-corrected chi connectivity index (χ0v) is 15.1. The van der Waals surface area contributed by atoms with Crippen molar-refractivity contribution in [2.45, 2.75) is 0 Å². The van der Waals surface area contributed by atoms with Crippen LogP contribution >= 0.6 is 0 Å². The smallest absolute Gasteiger partial charge is 0.291 e. The molecule has 0 saturated heterocycles. The number of nitrogens with zero attached hydrogens (tertiary/aromatic N) is 3. The van der Waals surface area contributed by atoms with Crippen LogP contribution in [0.15, 0.2) is 88.5 Å². The van der Waals surface area contributed by atoms with E-state index in [1.807, 2.05) is 35.0 Å². The van der Waals surface area contributed by atoms with Crippen LogP contribution < -0.4 is 10.7 Å². The predicted octanol–water partition coefficient (Wildman–Crippen LogP) is 3.76. The average molecular weight is 382 g/mol. The second-order valence-corrected chi connectivity index (χ2v) is 6.46. The summed E-state index contributed by atoms with van der Waals surface area (Å²) in [7, 11) is 0. The molecule has 0 fully saturated rings. The number of carbonyl (C=O) groups excluding carboxylic acids is 1. The van der Waals surface area contributed by atoms with Crippen LogP contribution in [0.4, 0.5) is 5.69 Å². The summed E-state index contributed by atoms with van der Waals surface area (Å²) in [6.07, 6.45) is 5.46. The molecular weight excluding hydrogens is 368 g/mol. The fourth-order valence-electron chi connectivity index (χ4n) is 3.10. The number of aromatic nitrogens is 3. The first-order valence-corrected chi connectivity index (χ1v) is 8.92. The fourth-order valence-corrected chi connectivity index (χ4v) is 3.10. The number of para-hydroxylation sites is 1. The van der Waals surface area contributed by atoms with Crippen molar-refractivity contribution in [3.8, 4) is 11.3 Å². The van der Waals surface area contributed by atoms with Gasteiger partial charge in [0.1, 0.15) is 5.58 Å². The monoisotopic (exact) mass is 382 g/mol. The van der Waals surface area contributed by atoms with E-state index in [0.717, 1.165) is 11.3 Å². The number of anilines is 1. The van der Waals surface area contributed by atoms with Crippen LogP contribution in [0.25, 0.3) is 28.0 Å². The molecule has 0 bridgehead atoms. The van der Waals surface area contributed by atoms with Gasteiger partial charge in [0.05, 0.1) is 11.1 Å². The molecule has 140 valence electrons. The topological polar surface area (TPSA) is 89.5 Å². The van der Waals surface area contributed by atoms with Gasteiger partial charge in [-0.1, -0.05) is 24.3 Å². The summed E-state index contributed by atoms with van der Waals surface area (Å²) in [5, 5.41) is 3.19. The first kappa shape index (κ1) is 16.9. The highest BCUT2D eigenvalue weighted by atomic mass is 16.3. The van der Waals surface area contributed by atoms with Gasteiger partial charge < -0.3 is 9.73 Å². The molecule has 3 aromatic heterocycles. The number of benzene rings is 2. The Labute approximate surface area is 164 Å². The van der Waals surface area contributed by atoms with E-state index in [2.05, 4.69) is 15.3 Å². The Morgan fingerprint density at radius 1 is 1.03 bits per heavy atom. The van der Waals surface area contributed by atoms with E-state index in [1.165, 1.54) is 6.07 Å². The van der Waals surface area contributed by atoms with Crippen molar-refractivity contribution in [2.24, 2.45) is 0 Å². The Balaban J connectivity index is 1.39. The molecule has 2 aromatic carbocycles. The van der Waals surface area contributed by atoms with Crippen molar-refractivity contribution >= 4 is 28.3 Å². The van der Waals surface area contributed by atoms with Crippen LogP contribution in [0.2, 0.25) is 0 Å². The summed E-state index contributed by atoms with van der Waals surface area (Å²) in [6, 6.07) is 17.1. The number of fused-ring (bicyclic) bond motifs is 2. The van der Waals surface area contributed by atoms with Crippen LogP contribution in [0.1, 0.15) is 10.6 Å². The van der Waals surface area contributed by atoms with E-state index < -0.39 is 5.91 Å². The lowest BCUT2D eigenvalue weighted by Crippen LogP contribution is -2.14. The van der Waals surface area contributed by atoms with E-state index >= 15 is 0 Å². The van der Waals surface area contributed by atoms with Crippen molar-refractivity contribution in [1.82, 2.24) is 14.4 Å². The molecule has 0 unspecified atom stereocenters. The van der Waals surface area contributed by atoms with Gasteiger partial charge in [-0.2, -0.15) is 0 Å².